The lowest BCUT2D eigenvalue weighted by molar-refractivity contribution is 0.0238. The van der Waals surface area contributed by atoms with Crippen LogP contribution in [0.4, 0.5) is 0 Å². The zero-order valence-electron chi connectivity index (χ0n) is 14.8. The number of ether oxygens (including phenoxy) is 1. The van der Waals surface area contributed by atoms with E-state index in [2.05, 4.69) is 19.6 Å². The van der Waals surface area contributed by atoms with E-state index in [0.717, 1.165) is 12.5 Å². The molecule has 0 fully saturated rings. The number of carbonyl (C=O) groups is 1. The van der Waals surface area contributed by atoms with Crippen LogP contribution in [-0.2, 0) is 11.5 Å². The summed E-state index contributed by atoms with van der Waals surface area (Å²) in [5.41, 5.74) is 0.509. The monoisotopic (exact) mass is 335 g/mol. The van der Waals surface area contributed by atoms with Crippen molar-refractivity contribution in [3.63, 3.8) is 0 Å². The number of rotatable bonds is 7. The standard InChI is InChI=1S/C18H29NO3Si/c1-15-7-9-18(21,10-8-15)17(20)16-6-5-11-19(16)14-22-12-13-23(2,3)4/h5-7,11,21H,8-10,12-14H2,1-4H3/t18-/m0/s1. The number of aromatic nitrogens is 1. The number of carbonyl (C=O) groups excluding carboxylic acids is 1. The molecule has 0 amide bonds. The molecule has 128 valence electrons. The molecule has 0 unspecified atom stereocenters. The van der Waals surface area contributed by atoms with Crippen molar-refractivity contribution in [1.82, 2.24) is 4.57 Å². The molecule has 23 heavy (non-hydrogen) atoms. The summed E-state index contributed by atoms with van der Waals surface area (Å²) >= 11 is 0. The predicted molar refractivity (Wildman–Crippen MR) is 95.4 cm³/mol. The molecule has 1 aromatic heterocycles. The van der Waals surface area contributed by atoms with Crippen molar-refractivity contribution in [1.29, 1.82) is 0 Å². The largest absolute Gasteiger partial charge is 0.381 e. The maximum absolute atomic E-state index is 12.8. The highest BCUT2D eigenvalue weighted by Crippen LogP contribution is 2.30. The normalized spacial score (nSPS) is 22.0. The van der Waals surface area contributed by atoms with Gasteiger partial charge in [-0.3, -0.25) is 4.79 Å². The topological polar surface area (TPSA) is 51.5 Å². The van der Waals surface area contributed by atoms with Gasteiger partial charge in [-0.25, -0.2) is 0 Å². The first-order chi connectivity index (χ1) is 10.7. The minimum atomic E-state index is -1.27. The first-order valence-electron chi connectivity index (χ1n) is 8.37. The van der Waals surface area contributed by atoms with Crippen LogP contribution in [0.15, 0.2) is 30.0 Å². The first-order valence-corrected chi connectivity index (χ1v) is 12.1. The summed E-state index contributed by atoms with van der Waals surface area (Å²) in [6.07, 6.45) is 5.49. The number of nitrogens with zero attached hydrogens (tertiary/aromatic N) is 1. The Hall–Kier alpha value is -1.17. The highest BCUT2D eigenvalue weighted by molar-refractivity contribution is 6.76. The Kier molecular flexibility index (Phi) is 5.65. The van der Waals surface area contributed by atoms with Gasteiger partial charge in [-0.2, -0.15) is 0 Å². The van der Waals surface area contributed by atoms with E-state index in [-0.39, 0.29) is 5.78 Å². The third kappa shape index (κ3) is 4.90. The zero-order valence-corrected chi connectivity index (χ0v) is 15.8. The Labute approximate surface area is 140 Å². The van der Waals surface area contributed by atoms with Gasteiger partial charge >= 0.3 is 0 Å². The zero-order chi connectivity index (χ0) is 17.1. The summed E-state index contributed by atoms with van der Waals surface area (Å²) in [4.78, 5) is 12.8. The van der Waals surface area contributed by atoms with E-state index in [9.17, 15) is 9.90 Å². The Balaban J connectivity index is 1.99. The molecule has 0 bridgehead atoms. The second-order valence-corrected chi connectivity index (χ2v) is 13.4. The first kappa shape index (κ1) is 18.2. The average molecular weight is 336 g/mol. The van der Waals surface area contributed by atoms with Crippen molar-refractivity contribution >= 4 is 13.9 Å². The molecule has 1 aromatic rings. The fourth-order valence-corrected chi connectivity index (χ4v) is 3.43. The lowest BCUT2D eigenvalue weighted by Gasteiger charge is -2.29. The summed E-state index contributed by atoms with van der Waals surface area (Å²) in [5.74, 6) is -0.194. The smallest absolute Gasteiger partial charge is 0.211 e. The van der Waals surface area contributed by atoms with Crippen molar-refractivity contribution in [3.05, 3.63) is 35.7 Å². The van der Waals surface area contributed by atoms with Gasteiger partial charge in [0.15, 0.2) is 0 Å². The Morgan fingerprint density at radius 2 is 2.17 bits per heavy atom. The number of Topliss-reactive ketones (excluding diaryl/α,β-unsaturated/α-hetero) is 1. The summed E-state index contributed by atoms with van der Waals surface area (Å²) in [7, 11) is -1.11. The van der Waals surface area contributed by atoms with E-state index in [1.807, 2.05) is 25.3 Å². The summed E-state index contributed by atoms with van der Waals surface area (Å²) in [6.45, 7) is 10.1. The number of hydrogen-bond acceptors (Lipinski definition) is 3. The third-order valence-electron chi connectivity index (χ3n) is 4.43. The molecule has 0 aromatic carbocycles. The van der Waals surface area contributed by atoms with Crippen molar-refractivity contribution in [3.8, 4) is 0 Å². The molecule has 0 aliphatic heterocycles. The molecule has 1 aliphatic rings. The van der Waals surface area contributed by atoms with Crippen molar-refractivity contribution in [2.45, 2.75) is 64.2 Å². The fraction of sp³-hybridized carbons (Fsp3) is 0.611. The van der Waals surface area contributed by atoms with E-state index < -0.39 is 13.7 Å². The van der Waals surface area contributed by atoms with Crippen molar-refractivity contribution < 1.29 is 14.6 Å². The SMILES string of the molecule is CC1=CC[C@@](O)(C(=O)c2cccn2COCC[Si](C)(C)C)CC1. The van der Waals surface area contributed by atoms with Gasteiger partial charge in [0.2, 0.25) is 5.78 Å². The summed E-state index contributed by atoms with van der Waals surface area (Å²) in [5, 5.41) is 10.7. The predicted octanol–water partition coefficient (Wildman–Crippen LogP) is 3.84. The number of aliphatic hydroxyl groups is 1. The maximum atomic E-state index is 12.8. The van der Waals surface area contributed by atoms with Crippen LogP contribution in [0.2, 0.25) is 25.7 Å². The minimum Gasteiger partial charge on any atom is -0.381 e. The summed E-state index contributed by atoms with van der Waals surface area (Å²) in [6, 6.07) is 4.71. The van der Waals surface area contributed by atoms with E-state index in [1.165, 1.54) is 5.57 Å². The second kappa shape index (κ2) is 7.15. The van der Waals surface area contributed by atoms with Crippen LogP contribution < -0.4 is 0 Å². The van der Waals surface area contributed by atoms with Gasteiger partial charge in [0.05, 0.1) is 5.69 Å². The highest BCUT2D eigenvalue weighted by atomic mass is 28.3. The van der Waals surface area contributed by atoms with E-state index in [4.69, 9.17) is 4.74 Å². The molecule has 0 spiro atoms. The third-order valence-corrected chi connectivity index (χ3v) is 6.14. The molecule has 2 rings (SSSR count). The molecule has 0 radical (unpaired) electrons. The van der Waals surface area contributed by atoms with Crippen LogP contribution in [0.3, 0.4) is 0 Å². The Morgan fingerprint density at radius 3 is 2.78 bits per heavy atom. The van der Waals surface area contributed by atoms with Gasteiger partial charge in [0.1, 0.15) is 12.3 Å². The van der Waals surface area contributed by atoms with Crippen molar-refractivity contribution in [2.24, 2.45) is 0 Å². The van der Waals surface area contributed by atoms with E-state index >= 15 is 0 Å². The van der Waals surface area contributed by atoms with Crippen LogP contribution >= 0.6 is 0 Å². The van der Waals surface area contributed by atoms with E-state index in [1.54, 1.807) is 10.6 Å². The van der Waals surface area contributed by atoms with Gasteiger partial charge in [-0.05, 0) is 37.9 Å². The molecule has 1 atom stereocenters. The molecular formula is C18H29NO3Si. The van der Waals surface area contributed by atoms with Crippen LogP contribution in [0, 0.1) is 0 Å². The Bertz CT molecular complexity index is 585. The number of ketones is 1. The molecule has 0 saturated carbocycles. The van der Waals surface area contributed by atoms with Crippen molar-refractivity contribution in [2.75, 3.05) is 6.61 Å². The number of hydrogen-bond donors (Lipinski definition) is 1. The van der Waals surface area contributed by atoms with Crippen LogP contribution in [0.25, 0.3) is 0 Å². The van der Waals surface area contributed by atoms with Gasteiger partial charge < -0.3 is 14.4 Å². The molecule has 1 aliphatic carbocycles. The molecule has 5 heteroatoms. The quantitative estimate of drug-likeness (QED) is 0.356. The second-order valence-electron chi connectivity index (χ2n) is 7.83. The van der Waals surface area contributed by atoms with Gasteiger partial charge in [0, 0.05) is 27.3 Å². The maximum Gasteiger partial charge on any atom is 0.211 e. The molecular weight excluding hydrogens is 306 g/mol. The van der Waals surface area contributed by atoms with Crippen LogP contribution in [-0.4, -0.2) is 35.7 Å². The number of allylic oxidation sites excluding steroid dienone is 1. The van der Waals surface area contributed by atoms with Crippen LogP contribution in [0.5, 0.6) is 0 Å². The molecule has 4 nitrogen and oxygen atoms in total. The highest BCUT2D eigenvalue weighted by Gasteiger charge is 2.38. The Morgan fingerprint density at radius 1 is 1.43 bits per heavy atom. The summed E-state index contributed by atoms with van der Waals surface area (Å²) < 4.78 is 7.54. The van der Waals surface area contributed by atoms with Gasteiger partial charge in [-0.15, -0.1) is 0 Å². The lowest BCUT2D eigenvalue weighted by Crippen LogP contribution is -2.40. The van der Waals surface area contributed by atoms with Crippen LogP contribution in [0.1, 0.15) is 36.7 Å². The lowest BCUT2D eigenvalue weighted by atomic mass is 9.82. The fourth-order valence-electron chi connectivity index (χ4n) is 2.67. The molecule has 1 heterocycles. The van der Waals surface area contributed by atoms with Gasteiger partial charge in [-0.1, -0.05) is 31.3 Å². The molecule has 1 N–H and O–H groups in total. The van der Waals surface area contributed by atoms with Gasteiger partial charge in [0.25, 0.3) is 0 Å². The minimum absolute atomic E-state index is 0.194. The molecule has 0 saturated heterocycles. The van der Waals surface area contributed by atoms with E-state index in [0.29, 0.717) is 31.9 Å². The average Bonchev–Trinajstić information content (AvgIpc) is 2.93.